The Kier molecular flexibility index (Phi) is 3.69. The molecule has 78 valence electrons. The van der Waals surface area contributed by atoms with E-state index in [1.807, 2.05) is 6.07 Å². The summed E-state index contributed by atoms with van der Waals surface area (Å²) in [4.78, 5) is 10.6. The van der Waals surface area contributed by atoms with Crippen LogP contribution in [0.4, 0.5) is 5.69 Å². The van der Waals surface area contributed by atoms with E-state index in [9.17, 15) is 4.79 Å². The molecule has 0 aliphatic rings. The number of anilines is 1. The maximum atomic E-state index is 10.6. The molecule has 1 aromatic rings. The molecule has 1 aromatic carbocycles. The van der Waals surface area contributed by atoms with Crippen LogP contribution in [0, 0.1) is 17.2 Å². The Morgan fingerprint density at radius 2 is 2.27 bits per heavy atom. The molecule has 0 aliphatic heterocycles. The minimum absolute atomic E-state index is 0.314. The van der Waals surface area contributed by atoms with Crippen LogP contribution in [0.2, 0.25) is 0 Å². The van der Waals surface area contributed by atoms with E-state index in [0.717, 1.165) is 0 Å². The molecular formula is C11H12N2O2. The predicted octanol–water partition coefficient (Wildman–Crippen LogP) is 1.69. The zero-order chi connectivity index (χ0) is 11.3. The molecule has 2 N–H and O–H groups in total. The standard InChI is InChI=1S/C11H12N2O2/c1-8(11(14)15)7-13-10-5-3-2-4-9(10)6-12/h2-5,8,13H,7H2,1H3,(H,14,15). The highest BCUT2D eigenvalue weighted by Crippen LogP contribution is 2.13. The second kappa shape index (κ2) is 5.01. The minimum atomic E-state index is -0.850. The summed E-state index contributed by atoms with van der Waals surface area (Å²) in [6.45, 7) is 1.93. The number of benzene rings is 1. The lowest BCUT2D eigenvalue weighted by molar-refractivity contribution is -0.140. The molecule has 0 aliphatic carbocycles. The Bertz CT molecular complexity index is 396. The fraction of sp³-hybridized carbons (Fsp3) is 0.273. The predicted molar refractivity (Wildman–Crippen MR) is 56.4 cm³/mol. The Hall–Kier alpha value is -2.02. The second-order valence-corrected chi connectivity index (χ2v) is 3.28. The topological polar surface area (TPSA) is 73.1 Å². The number of hydrogen-bond acceptors (Lipinski definition) is 3. The molecule has 0 saturated heterocycles. The number of nitriles is 1. The number of nitrogens with zero attached hydrogens (tertiary/aromatic N) is 1. The van der Waals surface area contributed by atoms with Gasteiger partial charge in [0.15, 0.2) is 0 Å². The highest BCUT2D eigenvalue weighted by atomic mass is 16.4. The molecule has 0 amide bonds. The number of carbonyl (C=O) groups is 1. The van der Waals surface area contributed by atoms with Gasteiger partial charge in [-0.05, 0) is 12.1 Å². The molecule has 0 fully saturated rings. The van der Waals surface area contributed by atoms with Gasteiger partial charge in [0.2, 0.25) is 0 Å². The van der Waals surface area contributed by atoms with E-state index in [-0.39, 0.29) is 0 Å². The van der Waals surface area contributed by atoms with Crippen LogP contribution in [-0.2, 0) is 4.79 Å². The van der Waals surface area contributed by atoms with Gasteiger partial charge in [-0.15, -0.1) is 0 Å². The third kappa shape index (κ3) is 2.99. The quantitative estimate of drug-likeness (QED) is 0.782. The smallest absolute Gasteiger partial charge is 0.308 e. The normalized spacial score (nSPS) is 11.5. The molecule has 0 spiro atoms. The zero-order valence-electron chi connectivity index (χ0n) is 8.40. The molecule has 1 unspecified atom stereocenters. The lowest BCUT2D eigenvalue weighted by Crippen LogP contribution is -2.19. The highest BCUT2D eigenvalue weighted by molar-refractivity contribution is 5.70. The van der Waals surface area contributed by atoms with E-state index < -0.39 is 11.9 Å². The SMILES string of the molecule is CC(CNc1ccccc1C#N)C(=O)O. The fourth-order valence-corrected chi connectivity index (χ4v) is 1.09. The van der Waals surface area contributed by atoms with Gasteiger partial charge in [0.1, 0.15) is 6.07 Å². The zero-order valence-corrected chi connectivity index (χ0v) is 8.40. The van der Waals surface area contributed by atoms with Gasteiger partial charge in [-0.3, -0.25) is 4.79 Å². The van der Waals surface area contributed by atoms with Crippen molar-refractivity contribution in [2.45, 2.75) is 6.92 Å². The van der Waals surface area contributed by atoms with Crippen LogP contribution in [0.1, 0.15) is 12.5 Å². The molecule has 4 heteroatoms. The van der Waals surface area contributed by atoms with Crippen LogP contribution in [-0.4, -0.2) is 17.6 Å². The van der Waals surface area contributed by atoms with E-state index in [1.54, 1.807) is 31.2 Å². The van der Waals surface area contributed by atoms with Crippen LogP contribution in [0.25, 0.3) is 0 Å². The van der Waals surface area contributed by atoms with E-state index in [0.29, 0.717) is 17.8 Å². The summed E-state index contributed by atoms with van der Waals surface area (Å²) in [6.07, 6.45) is 0. The number of para-hydroxylation sites is 1. The average molecular weight is 204 g/mol. The van der Waals surface area contributed by atoms with Crippen LogP contribution in [0.15, 0.2) is 24.3 Å². The maximum Gasteiger partial charge on any atom is 0.308 e. The van der Waals surface area contributed by atoms with Gasteiger partial charge in [-0.1, -0.05) is 19.1 Å². The first-order valence-electron chi connectivity index (χ1n) is 4.61. The summed E-state index contributed by atoms with van der Waals surface area (Å²) in [7, 11) is 0. The number of carboxylic acids is 1. The van der Waals surface area contributed by atoms with Gasteiger partial charge < -0.3 is 10.4 Å². The van der Waals surface area contributed by atoms with Gasteiger partial charge in [0.25, 0.3) is 0 Å². The fourth-order valence-electron chi connectivity index (χ4n) is 1.09. The first kappa shape index (κ1) is 11.1. The lowest BCUT2D eigenvalue weighted by atomic mass is 10.1. The Labute approximate surface area is 88.2 Å². The summed E-state index contributed by atoms with van der Waals surface area (Å²) >= 11 is 0. The maximum absolute atomic E-state index is 10.6. The van der Waals surface area contributed by atoms with Crippen LogP contribution in [0.3, 0.4) is 0 Å². The molecular weight excluding hydrogens is 192 g/mol. The van der Waals surface area contributed by atoms with Crippen molar-refractivity contribution in [3.8, 4) is 6.07 Å². The first-order valence-corrected chi connectivity index (χ1v) is 4.61. The van der Waals surface area contributed by atoms with Gasteiger partial charge in [0.05, 0.1) is 17.2 Å². The van der Waals surface area contributed by atoms with Crippen molar-refractivity contribution in [1.29, 1.82) is 5.26 Å². The molecule has 0 aromatic heterocycles. The van der Waals surface area contributed by atoms with E-state index in [2.05, 4.69) is 5.32 Å². The Morgan fingerprint density at radius 1 is 1.60 bits per heavy atom. The third-order valence-corrected chi connectivity index (χ3v) is 2.07. The second-order valence-electron chi connectivity index (χ2n) is 3.28. The first-order chi connectivity index (χ1) is 7.15. The number of aliphatic carboxylic acids is 1. The van der Waals surface area contributed by atoms with Crippen molar-refractivity contribution >= 4 is 11.7 Å². The summed E-state index contributed by atoms with van der Waals surface area (Å²) in [6, 6.07) is 9.05. The van der Waals surface area contributed by atoms with Crippen molar-refractivity contribution in [1.82, 2.24) is 0 Å². The van der Waals surface area contributed by atoms with E-state index in [4.69, 9.17) is 10.4 Å². The van der Waals surface area contributed by atoms with Crippen molar-refractivity contribution in [2.75, 3.05) is 11.9 Å². The molecule has 0 bridgehead atoms. The van der Waals surface area contributed by atoms with Gasteiger partial charge >= 0.3 is 5.97 Å². The van der Waals surface area contributed by atoms with Crippen molar-refractivity contribution in [3.63, 3.8) is 0 Å². The molecule has 4 nitrogen and oxygen atoms in total. The lowest BCUT2D eigenvalue weighted by Gasteiger charge is -2.10. The molecule has 0 saturated carbocycles. The van der Waals surface area contributed by atoms with Crippen molar-refractivity contribution in [2.24, 2.45) is 5.92 Å². The van der Waals surface area contributed by atoms with Crippen molar-refractivity contribution in [3.05, 3.63) is 29.8 Å². The van der Waals surface area contributed by atoms with Crippen LogP contribution >= 0.6 is 0 Å². The number of rotatable bonds is 4. The molecule has 1 rings (SSSR count). The third-order valence-electron chi connectivity index (χ3n) is 2.07. The van der Waals surface area contributed by atoms with E-state index >= 15 is 0 Å². The minimum Gasteiger partial charge on any atom is -0.481 e. The van der Waals surface area contributed by atoms with E-state index in [1.165, 1.54) is 0 Å². The summed E-state index contributed by atoms with van der Waals surface area (Å²) < 4.78 is 0. The molecule has 0 heterocycles. The van der Waals surface area contributed by atoms with Crippen LogP contribution in [0.5, 0.6) is 0 Å². The molecule has 1 atom stereocenters. The average Bonchev–Trinajstić information content (AvgIpc) is 2.26. The Morgan fingerprint density at radius 3 is 2.87 bits per heavy atom. The van der Waals surface area contributed by atoms with Crippen molar-refractivity contribution < 1.29 is 9.90 Å². The monoisotopic (exact) mass is 204 g/mol. The molecule has 15 heavy (non-hydrogen) atoms. The number of carboxylic acid groups (broad SMARTS) is 1. The largest absolute Gasteiger partial charge is 0.481 e. The van der Waals surface area contributed by atoms with Crippen LogP contribution < -0.4 is 5.32 Å². The molecule has 0 radical (unpaired) electrons. The number of hydrogen-bond donors (Lipinski definition) is 2. The highest BCUT2D eigenvalue weighted by Gasteiger charge is 2.10. The van der Waals surface area contributed by atoms with Gasteiger partial charge in [0, 0.05) is 6.54 Å². The summed E-state index contributed by atoms with van der Waals surface area (Å²) in [5.41, 5.74) is 1.20. The van der Waals surface area contributed by atoms with Gasteiger partial charge in [-0.25, -0.2) is 0 Å². The summed E-state index contributed by atoms with van der Waals surface area (Å²) in [5.74, 6) is -1.33. The summed E-state index contributed by atoms with van der Waals surface area (Å²) in [5, 5.41) is 20.4. The van der Waals surface area contributed by atoms with Gasteiger partial charge in [-0.2, -0.15) is 5.26 Å². The Balaban J connectivity index is 2.66. The number of nitrogens with one attached hydrogen (secondary N) is 1.